The predicted octanol–water partition coefficient (Wildman–Crippen LogP) is 3.33. The van der Waals surface area contributed by atoms with Crippen LogP contribution >= 0.6 is 11.8 Å². The quantitative estimate of drug-likeness (QED) is 0.857. The van der Waals surface area contributed by atoms with Crippen molar-refractivity contribution in [3.05, 3.63) is 65.2 Å². The third-order valence-electron chi connectivity index (χ3n) is 2.91. The van der Waals surface area contributed by atoms with Crippen LogP contribution < -0.4 is 5.32 Å². The van der Waals surface area contributed by atoms with Crippen molar-refractivity contribution < 1.29 is 18.7 Å². The molecule has 2 rings (SSSR count). The first kappa shape index (κ1) is 16.5. The Morgan fingerprint density at radius 3 is 2.45 bits per heavy atom. The molecule has 0 unspecified atom stereocenters. The van der Waals surface area contributed by atoms with Gasteiger partial charge in [0.15, 0.2) is 0 Å². The molecule has 0 atom stereocenters. The van der Waals surface area contributed by atoms with Crippen LogP contribution in [0.2, 0.25) is 0 Å². The molecule has 0 spiro atoms. The first-order valence-electron chi connectivity index (χ1n) is 6.60. The summed E-state index contributed by atoms with van der Waals surface area (Å²) in [5, 5.41) is 11.3. The fourth-order valence-electron chi connectivity index (χ4n) is 1.78. The molecular weight excluding hydrogens is 308 g/mol. The van der Waals surface area contributed by atoms with Gasteiger partial charge in [0.25, 0.3) is 0 Å². The van der Waals surface area contributed by atoms with Crippen LogP contribution in [0.15, 0.2) is 42.5 Å². The van der Waals surface area contributed by atoms with E-state index in [4.69, 9.17) is 5.11 Å². The number of halogens is 2. The molecule has 2 aromatic rings. The molecule has 0 saturated heterocycles. The van der Waals surface area contributed by atoms with Gasteiger partial charge in [-0.2, -0.15) is 0 Å². The molecule has 2 aromatic carbocycles. The van der Waals surface area contributed by atoms with E-state index in [1.807, 2.05) is 24.3 Å². The Kier molecular flexibility index (Phi) is 5.91. The highest BCUT2D eigenvalue weighted by molar-refractivity contribution is 7.99. The molecule has 0 aromatic heterocycles. The van der Waals surface area contributed by atoms with E-state index in [1.165, 1.54) is 11.8 Å². The van der Waals surface area contributed by atoms with Crippen LogP contribution in [-0.4, -0.2) is 16.8 Å². The van der Waals surface area contributed by atoms with Crippen molar-refractivity contribution in [2.75, 3.05) is 11.1 Å². The average molecular weight is 323 g/mol. The molecule has 0 heterocycles. The SMILES string of the molecule is O=C(CSCc1ccc(CO)cc1)Nc1cc(F)ccc1F. The highest BCUT2D eigenvalue weighted by Crippen LogP contribution is 2.17. The van der Waals surface area contributed by atoms with Crippen LogP contribution in [0.1, 0.15) is 11.1 Å². The third-order valence-corrected chi connectivity index (χ3v) is 3.91. The fraction of sp³-hybridized carbons (Fsp3) is 0.188. The Balaban J connectivity index is 1.81. The number of carbonyl (C=O) groups excluding carboxylic acids is 1. The van der Waals surface area contributed by atoms with Crippen molar-refractivity contribution in [2.45, 2.75) is 12.4 Å². The maximum atomic E-state index is 13.4. The largest absolute Gasteiger partial charge is 0.392 e. The molecule has 2 N–H and O–H groups in total. The lowest BCUT2D eigenvalue weighted by molar-refractivity contribution is -0.113. The Hall–Kier alpha value is -1.92. The van der Waals surface area contributed by atoms with Crippen LogP contribution in [0.5, 0.6) is 0 Å². The van der Waals surface area contributed by atoms with Crippen molar-refractivity contribution in [3.63, 3.8) is 0 Å². The number of nitrogens with one attached hydrogen (secondary N) is 1. The molecule has 0 aliphatic carbocycles. The number of rotatable bonds is 6. The average Bonchev–Trinajstić information content (AvgIpc) is 2.51. The molecule has 0 saturated carbocycles. The molecular formula is C16H15F2NO2S. The van der Waals surface area contributed by atoms with Gasteiger partial charge < -0.3 is 10.4 Å². The number of thioether (sulfide) groups is 1. The van der Waals surface area contributed by atoms with E-state index < -0.39 is 11.6 Å². The first-order chi connectivity index (χ1) is 10.6. The summed E-state index contributed by atoms with van der Waals surface area (Å²) in [5.41, 5.74) is 1.69. The zero-order valence-electron chi connectivity index (χ0n) is 11.7. The van der Waals surface area contributed by atoms with Crippen molar-refractivity contribution in [1.29, 1.82) is 0 Å². The minimum Gasteiger partial charge on any atom is -0.392 e. The topological polar surface area (TPSA) is 49.3 Å². The lowest BCUT2D eigenvalue weighted by Gasteiger charge is -2.07. The number of aliphatic hydroxyl groups is 1. The number of hydrogen-bond donors (Lipinski definition) is 2. The standard InChI is InChI=1S/C16H15F2NO2S/c17-13-5-6-14(18)15(7-13)19-16(21)10-22-9-12-3-1-11(8-20)2-4-12/h1-7,20H,8-10H2,(H,19,21). The van der Waals surface area contributed by atoms with E-state index in [9.17, 15) is 13.6 Å². The van der Waals surface area contributed by atoms with Gasteiger partial charge in [-0.3, -0.25) is 4.79 Å². The van der Waals surface area contributed by atoms with Gasteiger partial charge in [0.2, 0.25) is 5.91 Å². The lowest BCUT2D eigenvalue weighted by atomic mass is 10.2. The Morgan fingerprint density at radius 1 is 1.09 bits per heavy atom. The zero-order chi connectivity index (χ0) is 15.9. The molecule has 0 aliphatic heterocycles. The minimum absolute atomic E-state index is 0.00493. The van der Waals surface area contributed by atoms with E-state index in [0.717, 1.165) is 29.3 Å². The van der Waals surface area contributed by atoms with Crippen LogP contribution in [-0.2, 0) is 17.2 Å². The van der Waals surface area contributed by atoms with E-state index in [-0.39, 0.29) is 24.0 Å². The van der Waals surface area contributed by atoms with E-state index >= 15 is 0 Å². The van der Waals surface area contributed by atoms with Gasteiger partial charge in [-0.05, 0) is 23.3 Å². The van der Waals surface area contributed by atoms with Gasteiger partial charge in [0.1, 0.15) is 11.6 Å². The normalized spacial score (nSPS) is 10.5. The summed E-state index contributed by atoms with van der Waals surface area (Å²) >= 11 is 1.37. The van der Waals surface area contributed by atoms with Gasteiger partial charge in [-0.15, -0.1) is 11.8 Å². The van der Waals surface area contributed by atoms with Crippen LogP contribution in [0.25, 0.3) is 0 Å². The monoisotopic (exact) mass is 323 g/mol. The molecule has 1 amide bonds. The van der Waals surface area contributed by atoms with Crippen molar-refractivity contribution >= 4 is 23.4 Å². The summed E-state index contributed by atoms with van der Waals surface area (Å²) in [7, 11) is 0. The number of carbonyl (C=O) groups is 1. The minimum atomic E-state index is -0.667. The van der Waals surface area contributed by atoms with Crippen LogP contribution in [0.3, 0.4) is 0 Å². The van der Waals surface area contributed by atoms with Gasteiger partial charge in [-0.1, -0.05) is 24.3 Å². The summed E-state index contributed by atoms with van der Waals surface area (Å²) in [6, 6.07) is 10.3. The maximum absolute atomic E-state index is 13.4. The van der Waals surface area contributed by atoms with Crippen LogP contribution in [0, 0.1) is 11.6 Å². The van der Waals surface area contributed by atoms with E-state index in [0.29, 0.717) is 5.75 Å². The third kappa shape index (κ3) is 4.82. The highest BCUT2D eigenvalue weighted by atomic mass is 32.2. The Morgan fingerprint density at radius 2 is 1.77 bits per heavy atom. The summed E-state index contributed by atoms with van der Waals surface area (Å²) in [4.78, 5) is 11.7. The number of benzene rings is 2. The summed E-state index contributed by atoms with van der Waals surface area (Å²) < 4.78 is 26.4. The predicted molar refractivity (Wildman–Crippen MR) is 83.5 cm³/mol. The smallest absolute Gasteiger partial charge is 0.234 e. The van der Waals surface area contributed by atoms with Gasteiger partial charge >= 0.3 is 0 Å². The maximum Gasteiger partial charge on any atom is 0.234 e. The van der Waals surface area contributed by atoms with Crippen LogP contribution in [0.4, 0.5) is 14.5 Å². The summed E-state index contributed by atoms with van der Waals surface area (Å²) in [5.74, 6) is -0.906. The van der Waals surface area contributed by atoms with E-state index in [1.54, 1.807) is 0 Å². The second-order valence-corrected chi connectivity index (χ2v) is 5.63. The summed E-state index contributed by atoms with van der Waals surface area (Å²) in [6.07, 6.45) is 0. The van der Waals surface area contributed by atoms with Crippen molar-refractivity contribution in [3.8, 4) is 0 Å². The Bertz CT molecular complexity index is 647. The van der Waals surface area contributed by atoms with Crippen molar-refractivity contribution in [1.82, 2.24) is 0 Å². The number of anilines is 1. The number of aliphatic hydroxyl groups excluding tert-OH is 1. The van der Waals surface area contributed by atoms with E-state index in [2.05, 4.69) is 5.32 Å². The molecule has 116 valence electrons. The highest BCUT2D eigenvalue weighted by Gasteiger charge is 2.08. The first-order valence-corrected chi connectivity index (χ1v) is 7.75. The lowest BCUT2D eigenvalue weighted by Crippen LogP contribution is -2.15. The molecule has 0 radical (unpaired) electrons. The van der Waals surface area contributed by atoms with Gasteiger partial charge in [0.05, 0.1) is 18.0 Å². The van der Waals surface area contributed by atoms with Gasteiger partial charge in [0, 0.05) is 11.8 Å². The molecule has 0 fully saturated rings. The number of amides is 1. The fourth-order valence-corrected chi connectivity index (χ4v) is 2.57. The molecule has 3 nitrogen and oxygen atoms in total. The molecule has 0 aliphatic rings. The van der Waals surface area contributed by atoms with Gasteiger partial charge in [-0.25, -0.2) is 8.78 Å². The van der Waals surface area contributed by atoms with Crippen molar-refractivity contribution in [2.24, 2.45) is 0 Å². The molecule has 0 bridgehead atoms. The second kappa shape index (κ2) is 7.91. The second-order valence-electron chi connectivity index (χ2n) is 4.64. The molecule has 22 heavy (non-hydrogen) atoms. The molecule has 6 heteroatoms. The zero-order valence-corrected chi connectivity index (χ0v) is 12.5. The number of hydrogen-bond acceptors (Lipinski definition) is 3. The Labute approximate surface area is 131 Å². The summed E-state index contributed by atoms with van der Waals surface area (Å²) in [6.45, 7) is -0.00493.